The largest absolute Gasteiger partial charge is 0.465 e. The molecule has 0 N–H and O–H groups in total. The van der Waals surface area contributed by atoms with Gasteiger partial charge >= 0.3 is 11.9 Å². The highest BCUT2D eigenvalue weighted by atomic mass is 16.6. The summed E-state index contributed by atoms with van der Waals surface area (Å²) >= 11 is 0. The van der Waals surface area contributed by atoms with Gasteiger partial charge in [-0.25, -0.2) is 0 Å². The standard InChI is InChI=1S/C33H58O4/c1-2-3-4-5-6-7-8-9-10-11-13-16-19-22-29-25-32-26-33(29,31(35)37-28-32)24-21-18-15-12-14-17-20-23-30(34)36-27-32/h29H,2-28H2,1H3. The third kappa shape index (κ3) is 9.88. The van der Waals surface area contributed by atoms with Gasteiger partial charge in [-0.1, -0.05) is 129 Å². The molecule has 4 heteroatoms. The number of ether oxygens (including phenoxy) is 2. The lowest BCUT2D eigenvalue weighted by molar-refractivity contribution is -0.173. The molecule has 0 aromatic carbocycles. The van der Waals surface area contributed by atoms with Crippen molar-refractivity contribution in [3.8, 4) is 0 Å². The van der Waals surface area contributed by atoms with Crippen molar-refractivity contribution in [2.24, 2.45) is 16.7 Å². The van der Waals surface area contributed by atoms with Gasteiger partial charge in [0.2, 0.25) is 0 Å². The zero-order chi connectivity index (χ0) is 26.2. The van der Waals surface area contributed by atoms with E-state index in [0.29, 0.717) is 25.6 Å². The fourth-order valence-corrected chi connectivity index (χ4v) is 7.55. The predicted octanol–water partition coefficient (Wildman–Crippen LogP) is 9.48. The Labute approximate surface area is 228 Å². The molecule has 3 unspecified atom stereocenters. The summed E-state index contributed by atoms with van der Waals surface area (Å²) in [5, 5.41) is 0. The van der Waals surface area contributed by atoms with E-state index in [1.807, 2.05) is 0 Å². The second-order valence-corrected chi connectivity index (χ2v) is 13.0. The van der Waals surface area contributed by atoms with Crippen LogP contribution in [0.15, 0.2) is 0 Å². The molecule has 1 aliphatic carbocycles. The molecule has 4 nitrogen and oxygen atoms in total. The fourth-order valence-electron chi connectivity index (χ4n) is 7.55. The summed E-state index contributed by atoms with van der Waals surface area (Å²) < 4.78 is 11.6. The van der Waals surface area contributed by atoms with Crippen LogP contribution in [0.1, 0.15) is 167 Å². The molecule has 3 atom stereocenters. The fraction of sp³-hybridized carbons (Fsp3) is 0.939. The Kier molecular flexibility index (Phi) is 13.8. The maximum Gasteiger partial charge on any atom is 0.312 e. The first-order valence-electron chi connectivity index (χ1n) is 16.4. The Morgan fingerprint density at radius 1 is 0.676 bits per heavy atom. The van der Waals surface area contributed by atoms with Crippen molar-refractivity contribution in [3.63, 3.8) is 0 Å². The topological polar surface area (TPSA) is 52.6 Å². The molecule has 0 aromatic rings. The quantitative estimate of drug-likeness (QED) is 0.170. The Balaban J connectivity index is 1.42. The Morgan fingerprint density at radius 3 is 1.86 bits per heavy atom. The van der Waals surface area contributed by atoms with Gasteiger partial charge in [0, 0.05) is 11.8 Å². The normalized spacial score (nSPS) is 29.3. The van der Waals surface area contributed by atoms with E-state index >= 15 is 0 Å². The van der Waals surface area contributed by atoms with Crippen molar-refractivity contribution in [2.75, 3.05) is 13.2 Å². The van der Waals surface area contributed by atoms with Gasteiger partial charge in [-0.3, -0.25) is 9.59 Å². The number of cyclic esters (lactones) is 2. The number of hydrogen-bond acceptors (Lipinski definition) is 4. The SMILES string of the molecule is CCCCCCCCCCCCCCCC1CC23COC(=O)CCCCCCCCCC1(C2)C(=O)OC3. The Bertz CT molecular complexity index is 661. The van der Waals surface area contributed by atoms with Crippen molar-refractivity contribution in [1.82, 2.24) is 0 Å². The van der Waals surface area contributed by atoms with E-state index in [2.05, 4.69) is 6.92 Å². The molecule has 2 bridgehead atoms. The molecule has 2 aliphatic heterocycles. The van der Waals surface area contributed by atoms with Gasteiger partial charge in [-0.15, -0.1) is 0 Å². The average Bonchev–Trinajstić information content (AvgIpc) is 3.16. The summed E-state index contributed by atoms with van der Waals surface area (Å²) in [6, 6.07) is 0. The molecule has 0 aromatic heterocycles. The van der Waals surface area contributed by atoms with Gasteiger partial charge < -0.3 is 9.47 Å². The molecule has 0 amide bonds. The lowest BCUT2D eigenvalue weighted by Gasteiger charge is -2.39. The minimum absolute atomic E-state index is 0.0518. The Hall–Kier alpha value is -1.06. The van der Waals surface area contributed by atoms with Gasteiger partial charge in [-0.05, 0) is 38.0 Å². The van der Waals surface area contributed by atoms with Gasteiger partial charge in [-0.2, -0.15) is 0 Å². The smallest absolute Gasteiger partial charge is 0.312 e. The molecule has 2 heterocycles. The van der Waals surface area contributed by atoms with Gasteiger partial charge in [0.05, 0.1) is 5.41 Å². The van der Waals surface area contributed by atoms with Crippen LogP contribution in [0.5, 0.6) is 0 Å². The molecule has 214 valence electrons. The number of hydrogen-bond donors (Lipinski definition) is 0. The van der Waals surface area contributed by atoms with E-state index in [0.717, 1.165) is 44.9 Å². The van der Waals surface area contributed by atoms with Crippen molar-refractivity contribution in [2.45, 2.75) is 167 Å². The van der Waals surface area contributed by atoms with Crippen LogP contribution in [-0.2, 0) is 19.1 Å². The zero-order valence-electron chi connectivity index (χ0n) is 24.3. The first kappa shape index (κ1) is 30.5. The summed E-state index contributed by atoms with van der Waals surface area (Å²) in [7, 11) is 0. The number of rotatable bonds is 14. The third-order valence-corrected chi connectivity index (χ3v) is 9.77. The van der Waals surface area contributed by atoms with E-state index in [1.54, 1.807) is 0 Å². The average molecular weight is 519 g/mol. The van der Waals surface area contributed by atoms with E-state index in [-0.39, 0.29) is 22.8 Å². The highest BCUT2D eigenvalue weighted by Crippen LogP contribution is 2.61. The molecule has 3 fully saturated rings. The zero-order valence-corrected chi connectivity index (χ0v) is 24.3. The highest BCUT2D eigenvalue weighted by molar-refractivity contribution is 5.79. The molecule has 1 saturated carbocycles. The highest BCUT2D eigenvalue weighted by Gasteiger charge is 2.62. The monoisotopic (exact) mass is 518 g/mol. The molecular formula is C33H58O4. The minimum Gasteiger partial charge on any atom is -0.465 e. The number of carbonyl (C=O) groups excluding carboxylic acids is 2. The molecule has 2 saturated heterocycles. The van der Waals surface area contributed by atoms with Gasteiger partial charge in [0.1, 0.15) is 13.2 Å². The molecule has 0 spiro atoms. The third-order valence-electron chi connectivity index (χ3n) is 9.77. The maximum absolute atomic E-state index is 13.3. The van der Waals surface area contributed by atoms with Gasteiger partial charge in [0.15, 0.2) is 0 Å². The number of esters is 2. The van der Waals surface area contributed by atoms with Crippen LogP contribution >= 0.6 is 0 Å². The van der Waals surface area contributed by atoms with Crippen LogP contribution in [0.25, 0.3) is 0 Å². The van der Waals surface area contributed by atoms with E-state index < -0.39 is 0 Å². The first-order valence-corrected chi connectivity index (χ1v) is 16.4. The summed E-state index contributed by atoms with van der Waals surface area (Å²) in [6.45, 7) is 3.16. The van der Waals surface area contributed by atoms with E-state index in [1.165, 1.54) is 109 Å². The van der Waals surface area contributed by atoms with Crippen molar-refractivity contribution in [3.05, 3.63) is 0 Å². The molecule has 0 radical (unpaired) electrons. The summed E-state index contributed by atoms with van der Waals surface area (Å²) in [4.78, 5) is 25.6. The maximum atomic E-state index is 13.3. The van der Waals surface area contributed by atoms with Crippen molar-refractivity contribution >= 4 is 11.9 Å². The van der Waals surface area contributed by atoms with Crippen LogP contribution in [0.4, 0.5) is 0 Å². The number of carbonyl (C=O) groups is 2. The van der Waals surface area contributed by atoms with E-state index in [4.69, 9.17) is 9.47 Å². The summed E-state index contributed by atoms with van der Waals surface area (Å²) in [5.74, 6) is 0.379. The van der Waals surface area contributed by atoms with Crippen molar-refractivity contribution in [1.29, 1.82) is 0 Å². The predicted molar refractivity (Wildman–Crippen MR) is 151 cm³/mol. The van der Waals surface area contributed by atoms with Crippen LogP contribution in [0.2, 0.25) is 0 Å². The first-order chi connectivity index (χ1) is 18.1. The molecular weight excluding hydrogens is 460 g/mol. The Morgan fingerprint density at radius 2 is 1.22 bits per heavy atom. The lowest BCUT2D eigenvalue weighted by Crippen LogP contribution is -2.44. The molecule has 37 heavy (non-hydrogen) atoms. The van der Waals surface area contributed by atoms with Crippen molar-refractivity contribution < 1.29 is 19.1 Å². The molecule has 3 aliphatic rings. The second kappa shape index (κ2) is 16.8. The van der Waals surface area contributed by atoms with Crippen LogP contribution in [-0.4, -0.2) is 25.2 Å². The van der Waals surface area contributed by atoms with Crippen LogP contribution in [0.3, 0.4) is 0 Å². The molecule has 3 rings (SSSR count). The van der Waals surface area contributed by atoms with Crippen LogP contribution < -0.4 is 0 Å². The second-order valence-electron chi connectivity index (χ2n) is 13.0. The summed E-state index contributed by atoms with van der Waals surface area (Å²) in [6.07, 6.45) is 30.3. The summed E-state index contributed by atoms with van der Waals surface area (Å²) in [5.41, 5.74) is -0.479. The van der Waals surface area contributed by atoms with Crippen LogP contribution in [0, 0.1) is 16.7 Å². The van der Waals surface area contributed by atoms with E-state index in [9.17, 15) is 9.59 Å². The minimum atomic E-state index is -0.331. The number of unbranched alkanes of at least 4 members (excludes halogenated alkanes) is 12. The lowest BCUT2D eigenvalue weighted by atomic mass is 9.70. The van der Waals surface area contributed by atoms with Gasteiger partial charge in [0.25, 0.3) is 0 Å².